The van der Waals surface area contributed by atoms with Gasteiger partial charge in [-0.3, -0.25) is 4.79 Å². The molecule has 18 heavy (non-hydrogen) atoms. The highest BCUT2D eigenvalue weighted by Crippen LogP contribution is 2.22. The minimum atomic E-state index is 0.0715. The minimum absolute atomic E-state index is 0.0715. The first-order valence-corrected chi connectivity index (χ1v) is 6.48. The summed E-state index contributed by atoms with van der Waals surface area (Å²) in [4.78, 5) is 13.6. The molecular formula is C15H24N2O. The van der Waals surface area contributed by atoms with E-state index in [0.717, 1.165) is 29.8 Å². The Morgan fingerprint density at radius 2 is 1.78 bits per heavy atom. The zero-order valence-corrected chi connectivity index (χ0v) is 12.1. The van der Waals surface area contributed by atoms with E-state index in [4.69, 9.17) is 0 Å². The Morgan fingerprint density at radius 1 is 1.22 bits per heavy atom. The summed E-state index contributed by atoms with van der Waals surface area (Å²) < 4.78 is 0. The second-order valence-corrected chi connectivity index (χ2v) is 5.06. The molecule has 0 aromatic heterocycles. The third-order valence-electron chi connectivity index (χ3n) is 3.03. The fourth-order valence-corrected chi connectivity index (χ4v) is 1.98. The fraction of sp³-hybridized carbons (Fsp3) is 0.533. The zero-order chi connectivity index (χ0) is 13.7. The van der Waals surface area contributed by atoms with E-state index in [1.165, 1.54) is 5.56 Å². The summed E-state index contributed by atoms with van der Waals surface area (Å²) in [6.07, 6.45) is 1.55. The summed E-state index contributed by atoms with van der Waals surface area (Å²) in [6.45, 7) is 7.01. The maximum atomic E-state index is 11.5. The highest BCUT2D eigenvalue weighted by Gasteiger charge is 2.08. The predicted octanol–water partition coefficient (Wildman–Crippen LogP) is 2.76. The summed E-state index contributed by atoms with van der Waals surface area (Å²) in [6, 6.07) is 4.34. The molecule has 1 N–H and O–H groups in total. The number of anilines is 1. The van der Waals surface area contributed by atoms with Crippen molar-refractivity contribution in [3.05, 3.63) is 28.8 Å². The molecule has 3 nitrogen and oxygen atoms in total. The van der Waals surface area contributed by atoms with Crippen molar-refractivity contribution >= 4 is 11.6 Å². The molecule has 0 radical (unpaired) electrons. The molecule has 0 aliphatic carbocycles. The number of carbonyl (C=O) groups is 1. The van der Waals surface area contributed by atoms with Crippen LogP contribution in [-0.4, -0.2) is 31.4 Å². The molecule has 0 saturated heterocycles. The maximum absolute atomic E-state index is 11.5. The first-order valence-electron chi connectivity index (χ1n) is 6.48. The van der Waals surface area contributed by atoms with Gasteiger partial charge in [-0.05, 0) is 51.1 Å². The zero-order valence-electron chi connectivity index (χ0n) is 12.1. The third-order valence-corrected chi connectivity index (χ3v) is 3.03. The summed E-state index contributed by atoms with van der Waals surface area (Å²) in [5.74, 6) is 0.0715. The van der Waals surface area contributed by atoms with Crippen molar-refractivity contribution in [2.75, 3.05) is 26.0 Å². The summed E-state index contributed by atoms with van der Waals surface area (Å²) >= 11 is 0. The van der Waals surface area contributed by atoms with Gasteiger partial charge >= 0.3 is 0 Å². The second kappa shape index (κ2) is 6.55. The average Bonchev–Trinajstić information content (AvgIpc) is 2.30. The molecule has 0 unspecified atom stereocenters. The Labute approximate surface area is 110 Å². The number of hydrogen-bond donors (Lipinski definition) is 1. The highest BCUT2D eigenvalue weighted by molar-refractivity contribution is 5.92. The third kappa shape index (κ3) is 4.15. The van der Waals surface area contributed by atoms with Crippen LogP contribution in [0.3, 0.4) is 0 Å². The quantitative estimate of drug-likeness (QED) is 0.869. The van der Waals surface area contributed by atoms with Gasteiger partial charge in [0, 0.05) is 18.7 Å². The van der Waals surface area contributed by atoms with Crippen LogP contribution < -0.4 is 5.32 Å². The molecule has 1 aromatic carbocycles. The second-order valence-electron chi connectivity index (χ2n) is 5.06. The van der Waals surface area contributed by atoms with Gasteiger partial charge in [0.15, 0.2) is 0 Å². The monoisotopic (exact) mass is 248 g/mol. The van der Waals surface area contributed by atoms with E-state index in [0.29, 0.717) is 6.42 Å². The Kier molecular flexibility index (Phi) is 5.35. The van der Waals surface area contributed by atoms with Crippen LogP contribution in [0, 0.1) is 13.8 Å². The number of benzene rings is 1. The van der Waals surface area contributed by atoms with E-state index in [-0.39, 0.29) is 5.91 Å². The van der Waals surface area contributed by atoms with Gasteiger partial charge in [-0.1, -0.05) is 19.1 Å². The molecule has 0 fully saturated rings. The van der Waals surface area contributed by atoms with Crippen molar-refractivity contribution < 1.29 is 4.79 Å². The van der Waals surface area contributed by atoms with E-state index in [1.807, 2.05) is 6.92 Å². The number of amides is 1. The molecule has 0 heterocycles. The van der Waals surface area contributed by atoms with Gasteiger partial charge in [0.1, 0.15) is 0 Å². The van der Waals surface area contributed by atoms with Crippen LogP contribution in [0.2, 0.25) is 0 Å². The van der Waals surface area contributed by atoms with Gasteiger partial charge in [-0.25, -0.2) is 0 Å². The molecule has 1 aromatic rings. The molecule has 1 amide bonds. The van der Waals surface area contributed by atoms with Crippen molar-refractivity contribution in [3.8, 4) is 0 Å². The Morgan fingerprint density at radius 3 is 2.22 bits per heavy atom. The van der Waals surface area contributed by atoms with Crippen LogP contribution >= 0.6 is 0 Å². The number of nitrogens with zero attached hydrogens (tertiary/aromatic N) is 1. The smallest absolute Gasteiger partial charge is 0.224 e. The van der Waals surface area contributed by atoms with E-state index in [2.05, 4.69) is 50.3 Å². The lowest BCUT2D eigenvalue weighted by atomic mass is 10.0. The van der Waals surface area contributed by atoms with Gasteiger partial charge in [0.25, 0.3) is 0 Å². The molecule has 1 rings (SSSR count). The molecule has 0 atom stereocenters. The van der Waals surface area contributed by atoms with E-state index >= 15 is 0 Å². The number of carbonyl (C=O) groups excluding carboxylic acids is 1. The van der Waals surface area contributed by atoms with E-state index in [9.17, 15) is 4.79 Å². The molecule has 3 heteroatoms. The Balaban J connectivity index is 2.87. The van der Waals surface area contributed by atoms with Crippen molar-refractivity contribution in [2.45, 2.75) is 33.6 Å². The number of likely N-dealkylation sites (N-methyl/N-ethyl adjacent to an activating group) is 1. The predicted molar refractivity (Wildman–Crippen MR) is 77.1 cm³/mol. The molecule has 0 aliphatic heterocycles. The molecule has 0 spiro atoms. The molecule has 0 aliphatic rings. The van der Waals surface area contributed by atoms with Gasteiger partial charge < -0.3 is 10.2 Å². The lowest BCUT2D eigenvalue weighted by Crippen LogP contribution is -2.16. The number of nitrogens with one attached hydrogen (secondary N) is 1. The van der Waals surface area contributed by atoms with Gasteiger partial charge in [0.05, 0.1) is 0 Å². The van der Waals surface area contributed by atoms with Crippen molar-refractivity contribution in [3.63, 3.8) is 0 Å². The van der Waals surface area contributed by atoms with Gasteiger partial charge in [0.2, 0.25) is 5.91 Å². The van der Waals surface area contributed by atoms with Gasteiger partial charge in [-0.2, -0.15) is 0 Å². The van der Waals surface area contributed by atoms with Crippen LogP contribution in [0.1, 0.15) is 30.0 Å². The maximum Gasteiger partial charge on any atom is 0.224 e. The van der Waals surface area contributed by atoms with Gasteiger partial charge in [-0.15, -0.1) is 0 Å². The minimum Gasteiger partial charge on any atom is -0.326 e. The van der Waals surface area contributed by atoms with Crippen molar-refractivity contribution in [2.24, 2.45) is 0 Å². The summed E-state index contributed by atoms with van der Waals surface area (Å²) in [5, 5.41) is 2.97. The molecule has 0 saturated carbocycles. The highest BCUT2D eigenvalue weighted by atomic mass is 16.1. The van der Waals surface area contributed by atoms with E-state index in [1.54, 1.807) is 0 Å². The average molecular weight is 248 g/mol. The van der Waals surface area contributed by atoms with Crippen molar-refractivity contribution in [1.82, 2.24) is 4.90 Å². The summed E-state index contributed by atoms with van der Waals surface area (Å²) in [7, 11) is 4.16. The summed E-state index contributed by atoms with van der Waals surface area (Å²) in [5.41, 5.74) is 4.58. The van der Waals surface area contributed by atoms with Crippen LogP contribution in [0.5, 0.6) is 0 Å². The first kappa shape index (κ1) is 14.7. The molecule has 0 bridgehead atoms. The van der Waals surface area contributed by atoms with Crippen molar-refractivity contribution in [1.29, 1.82) is 0 Å². The number of rotatable bonds is 5. The van der Waals surface area contributed by atoms with Crippen LogP contribution in [0.4, 0.5) is 5.69 Å². The Hall–Kier alpha value is -1.35. The standard InChI is InChI=1S/C15H24N2O/c1-6-14(18)16-15-11(2)9-13(10-12(15)3)7-8-17(4)5/h9-10H,6-8H2,1-5H3,(H,16,18). The largest absolute Gasteiger partial charge is 0.326 e. The lowest BCUT2D eigenvalue weighted by molar-refractivity contribution is -0.115. The van der Waals surface area contributed by atoms with E-state index < -0.39 is 0 Å². The topological polar surface area (TPSA) is 32.3 Å². The van der Waals surface area contributed by atoms with Crippen LogP contribution in [0.15, 0.2) is 12.1 Å². The number of hydrogen-bond acceptors (Lipinski definition) is 2. The van der Waals surface area contributed by atoms with Crippen LogP contribution in [0.25, 0.3) is 0 Å². The fourth-order valence-electron chi connectivity index (χ4n) is 1.98. The molecule has 100 valence electrons. The van der Waals surface area contributed by atoms with Crippen LogP contribution in [-0.2, 0) is 11.2 Å². The molecular weight excluding hydrogens is 224 g/mol. The Bertz CT molecular complexity index is 401. The number of aryl methyl sites for hydroxylation is 2. The SMILES string of the molecule is CCC(=O)Nc1c(C)cc(CCN(C)C)cc1C. The normalized spacial score (nSPS) is 10.8. The lowest BCUT2D eigenvalue weighted by Gasteiger charge is -2.15. The first-order chi connectivity index (χ1) is 8.43.